The second kappa shape index (κ2) is 6.42. The highest BCUT2D eigenvalue weighted by Crippen LogP contribution is 2.28. The van der Waals surface area contributed by atoms with E-state index in [9.17, 15) is 4.79 Å². The smallest absolute Gasteiger partial charge is 0.303 e. The highest BCUT2D eigenvalue weighted by atomic mass is 16.4. The topological polar surface area (TPSA) is 61.1 Å². The zero-order valence-electron chi connectivity index (χ0n) is 9.05. The lowest BCUT2D eigenvalue weighted by Gasteiger charge is -2.19. The number of unbranched alkanes of at least 4 members (excludes halogenated alkanes) is 1. The fourth-order valence-corrected chi connectivity index (χ4v) is 1.58. The third-order valence-electron chi connectivity index (χ3n) is 2.44. The van der Waals surface area contributed by atoms with E-state index in [-0.39, 0.29) is 11.8 Å². The van der Waals surface area contributed by atoms with E-state index in [0.29, 0.717) is 6.42 Å². The van der Waals surface area contributed by atoms with Gasteiger partial charge in [0, 0.05) is 6.42 Å². The fraction of sp³-hybridized carbons (Fsp3) is 0.818. The number of aliphatic carboxylic acids is 1. The van der Waals surface area contributed by atoms with Crippen molar-refractivity contribution >= 4 is 5.97 Å². The third-order valence-corrected chi connectivity index (χ3v) is 2.44. The monoisotopic (exact) mass is 197 g/mol. The molecule has 0 aromatic heterocycles. The summed E-state index contributed by atoms with van der Waals surface area (Å²) in [6.07, 6.45) is 4.44. The van der Waals surface area contributed by atoms with Crippen LogP contribution in [0.2, 0.25) is 0 Å². The predicted octanol–water partition coefficient (Wildman–Crippen LogP) is 2.96. The number of hydrogen-bond acceptors (Lipinski definition) is 2. The van der Waals surface area contributed by atoms with E-state index < -0.39 is 5.97 Å². The van der Waals surface area contributed by atoms with Gasteiger partial charge in [-0.2, -0.15) is 5.26 Å². The van der Waals surface area contributed by atoms with Crippen LogP contribution in [0.1, 0.15) is 52.4 Å². The summed E-state index contributed by atoms with van der Waals surface area (Å²) in [5.41, 5.74) is -0.257. The Balaban J connectivity index is 3.74. The lowest BCUT2D eigenvalue weighted by atomic mass is 9.82. The molecule has 1 unspecified atom stereocenters. The van der Waals surface area contributed by atoms with Crippen molar-refractivity contribution in [1.29, 1.82) is 5.26 Å². The molecule has 1 atom stereocenters. The van der Waals surface area contributed by atoms with E-state index in [0.717, 1.165) is 25.7 Å². The second-order valence-electron chi connectivity index (χ2n) is 4.02. The number of nitrogens with zero attached hydrogens (tertiary/aromatic N) is 1. The van der Waals surface area contributed by atoms with Gasteiger partial charge in [-0.1, -0.05) is 19.8 Å². The summed E-state index contributed by atoms with van der Waals surface area (Å²) in [5.74, 6) is -0.751. The van der Waals surface area contributed by atoms with Crippen molar-refractivity contribution in [3.05, 3.63) is 0 Å². The summed E-state index contributed by atoms with van der Waals surface area (Å²) < 4.78 is 0. The van der Waals surface area contributed by atoms with Crippen LogP contribution in [0.3, 0.4) is 0 Å². The van der Waals surface area contributed by atoms with Gasteiger partial charge in [0.2, 0.25) is 0 Å². The molecule has 0 radical (unpaired) electrons. The van der Waals surface area contributed by atoms with Crippen molar-refractivity contribution in [3.63, 3.8) is 0 Å². The molecule has 0 spiro atoms. The van der Waals surface area contributed by atoms with Crippen LogP contribution in [0, 0.1) is 16.7 Å². The molecule has 1 N–H and O–H groups in total. The standard InChI is InChI=1S/C11H19NO2/c1-3-7-11(2,9-12)8-5-4-6-10(13)14/h3-8H2,1-2H3,(H,13,14). The predicted molar refractivity (Wildman–Crippen MR) is 54.7 cm³/mol. The molecular formula is C11H19NO2. The zero-order chi connectivity index (χ0) is 11.0. The van der Waals surface area contributed by atoms with Crippen molar-refractivity contribution in [2.24, 2.45) is 5.41 Å². The van der Waals surface area contributed by atoms with Crippen molar-refractivity contribution in [2.75, 3.05) is 0 Å². The normalized spacial score (nSPS) is 14.4. The largest absolute Gasteiger partial charge is 0.481 e. The van der Waals surface area contributed by atoms with Gasteiger partial charge in [0.05, 0.1) is 11.5 Å². The van der Waals surface area contributed by atoms with E-state index in [1.165, 1.54) is 0 Å². The summed E-state index contributed by atoms with van der Waals surface area (Å²) >= 11 is 0. The van der Waals surface area contributed by atoms with Crippen LogP contribution >= 0.6 is 0 Å². The summed E-state index contributed by atoms with van der Waals surface area (Å²) in [4.78, 5) is 10.3. The van der Waals surface area contributed by atoms with Crippen LogP contribution < -0.4 is 0 Å². The first-order valence-corrected chi connectivity index (χ1v) is 5.17. The average molecular weight is 197 g/mol. The van der Waals surface area contributed by atoms with Crippen LogP contribution in [-0.2, 0) is 4.79 Å². The lowest BCUT2D eigenvalue weighted by Crippen LogP contribution is -2.13. The highest BCUT2D eigenvalue weighted by Gasteiger charge is 2.21. The molecule has 14 heavy (non-hydrogen) atoms. The van der Waals surface area contributed by atoms with Gasteiger partial charge in [-0.05, 0) is 26.2 Å². The van der Waals surface area contributed by atoms with Crippen LogP contribution in [0.15, 0.2) is 0 Å². The minimum Gasteiger partial charge on any atom is -0.481 e. The molecule has 0 aromatic rings. The first-order chi connectivity index (χ1) is 6.54. The van der Waals surface area contributed by atoms with Gasteiger partial charge >= 0.3 is 5.97 Å². The third kappa shape index (κ3) is 5.58. The Labute approximate surface area is 85.7 Å². The Morgan fingerprint density at radius 2 is 2.07 bits per heavy atom. The maximum Gasteiger partial charge on any atom is 0.303 e. The molecule has 0 heterocycles. The van der Waals surface area contributed by atoms with Crippen LogP contribution in [0.5, 0.6) is 0 Å². The minimum absolute atomic E-state index is 0.216. The van der Waals surface area contributed by atoms with E-state index >= 15 is 0 Å². The summed E-state index contributed by atoms with van der Waals surface area (Å²) in [7, 11) is 0. The van der Waals surface area contributed by atoms with Crippen molar-refractivity contribution in [2.45, 2.75) is 52.4 Å². The first-order valence-electron chi connectivity index (χ1n) is 5.17. The second-order valence-corrected chi connectivity index (χ2v) is 4.02. The van der Waals surface area contributed by atoms with E-state index in [1.807, 2.05) is 6.92 Å². The first kappa shape index (κ1) is 13.0. The van der Waals surface area contributed by atoms with Gasteiger partial charge in [-0.3, -0.25) is 4.79 Å². The Hall–Kier alpha value is -1.04. The SMILES string of the molecule is CCCC(C)(C#N)CCCCC(=O)O. The Bertz CT molecular complexity index is 220. The van der Waals surface area contributed by atoms with Crippen LogP contribution in [0.25, 0.3) is 0 Å². The molecule has 0 aliphatic rings. The zero-order valence-corrected chi connectivity index (χ0v) is 9.05. The molecule has 3 nitrogen and oxygen atoms in total. The van der Waals surface area contributed by atoms with E-state index in [4.69, 9.17) is 10.4 Å². The van der Waals surface area contributed by atoms with Crippen molar-refractivity contribution < 1.29 is 9.90 Å². The number of rotatable bonds is 7. The van der Waals surface area contributed by atoms with Gasteiger partial charge in [0.25, 0.3) is 0 Å². The number of hydrogen-bond donors (Lipinski definition) is 1. The molecule has 0 saturated heterocycles. The molecule has 0 bridgehead atoms. The molecule has 0 aromatic carbocycles. The molecule has 0 saturated carbocycles. The molecule has 0 aliphatic carbocycles. The van der Waals surface area contributed by atoms with E-state index in [1.54, 1.807) is 0 Å². The Morgan fingerprint density at radius 3 is 2.50 bits per heavy atom. The Morgan fingerprint density at radius 1 is 1.43 bits per heavy atom. The van der Waals surface area contributed by atoms with Gasteiger partial charge in [0.15, 0.2) is 0 Å². The van der Waals surface area contributed by atoms with Gasteiger partial charge < -0.3 is 5.11 Å². The lowest BCUT2D eigenvalue weighted by molar-refractivity contribution is -0.137. The maximum absolute atomic E-state index is 10.3. The number of carboxylic acid groups (broad SMARTS) is 1. The van der Waals surface area contributed by atoms with Gasteiger partial charge in [0.1, 0.15) is 0 Å². The molecule has 0 amide bonds. The van der Waals surface area contributed by atoms with Crippen molar-refractivity contribution in [1.82, 2.24) is 0 Å². The minimum atomic E-state index is -0.751. The van der Waals surface area contributed by atoms with E-state index in [2.05, 4.69) is 13.0 Å². The summed E-state index contributed by atoms with van der Waals surface area (Å²) in [5, 5.41) is 17.4. The van der Waals surface area contributed by atoms with Gasteiger partial charge in [-0.25, -0.2) is 0 Å². The molecule has 0 rings (SSSR count). The highest BCUT2D eigenvalue weighted by molar-refractivity contribution is 5.66. The molecular weight excluding hydrogens is 178 g/mol. The summed E-state index contributed by atoms with van der Waals surface area (Å²) in [6.45, 7) is 4.02. The number of nitriles is 1. The molecule has 80 valence electrons. The average Bonchev–Trinajstić information content (AvgIpc) is 2.13. The quantitative estimate of drug-likeness (QED) is 0.638. The maximum atomic E-state index is 10.3. The number of carboxylic acids is 1. The van der Waals surface area contributed by atoms with Crippen LogP contribution in [0.4, 0.5) is 0 Å². The summed E-state index contributed by atoms with van der Waals surface area (Å²) in [6, 6.07) is 2.32. The fourth-order valence-electron chi connectivity index (χ4n) is 1.58. The van der Waals surface area contributed by atoms with Gasteiger partial charge in [-0.15, -0.1) is 0 Å². The molecule has 0 aliphatic heterocycles. The van der Waals surface area contributed by atoms with Crippen molar-refractivity contribution in [3.8, 4) is 6.07 Å². The van der Waals surface area contributed by atoms with Crippen LogP contribution in [-0.4, -0.2) is 11.1 Å². The molecule has 0 fully saturated rings. The molecule has 3 heteroatoms. The Kier molecular flexibility index (Phi) is 5.94. The number of carbonyl (C=O) groups is 1.